The Kier molecular flexibility index (Phi) is 4.12. The van der Waals surface area contributed by atoms with E-state index in [-0.39, 0.29) is 24.4 Å². The van der Waals surface area contributed by atoms with Crippen LogP contribution in [0.3, 0.4) is 0 Å². The Morgan fingerprint density at radius 2 is 2.24 bits per heavy atom. The second-order valence-electron chi connectivity index (χ2n) is 5.07. The molecule has 126 valence electrons. The fourth-order valence-electron chi connectivity index (χ4n) is 2.23. The maximum Gasteiger partial charge on any atom is 0.262 e. The van der Waals surface area contributed by atoms with Crippen molar-refractivity contribution in [2.45, 2.75) is 13.0 Å². The molecule has 1 N–H and O–H groups in total. The van der Waals surface area contributed by atoms with Crippen molar-refractivity contribution < 1.29 is 9.21 Å². The summed E-state index contributed by atoms with van der Waals surface area (Å²) in [5.74, 6) is 0.346. The molecule has 0 aromatic carbocycles. The molecule has 0 aliphatic heterocycles. The predicted octanol–water partition coefficient (Wildman–Crippen LogP) is 2.60. The Bertz CT molecular complexity index is 1080. The number of hydrogen-bond acceptors (Lipinski definition) is 8. The van der Waals surface area contributed by atoms with Crippen molar-refractivity contribution in [2.75, 3.05) is 5.32 Å². The van der Waals surface area contributed by atoms with Crippen molar-refractivity contribution in [2.24, 2.45) is 0 Å². The van der Waals surface area contributed by atoms with Crippen molar-refractivity contribution in [3.05, 3.63) is 46.5 Å². The third kappa shape index (κ3) is 3.21. The molecule has 4 aromatic rings. The summed E-state index contributed by atoms with van der Waals surface area (Å²) in [5, 5.41) is 13.9. The van der Waals surface area contributed by atoms with Crippen LogP contribution in [-0.2, 0) is 11.3 Å². The van der Waals surface area contributed by atoms with Crippen molar-refractivity contribution in [3.8, 4) is 10.8 Å². The first-order chi connectivity index (χ1) is 12.2. The molecule has 0 aliphatic carbocycles. The summed E-state index contributed by atoms with van der Waals surface area (Å²) in [7, 11) is 0. The second-order valence-corrected chi connectivity index (χ2v) is 6.94. The monoisotopic (exact) mass is 373 g/mol. The van der Waals surface area contributed by atoms with Crippen LogP contribution in [0.15, 0.2) is 45.4 Å². The molecule has 0 fully saturated rings. The molecule has 8 nitrogen and oxygen atoms in total. The van der Waals surface area contributed by atoms with Crippen LogP contribution in [0.25, 0.3) is 21.0 Å². The Hall–Kier alpha value is -2.85. The summed E-state index contributed by atoms with van der Waals surface area (Å²) in [6.07, 6.45) is 3.15. The van der Waals surface area contributed by atoms with E-state index >= 15 is 0 Å². The van der Waals surface area contributed by atoms with E-state index in [0.717, 1.165) is 0 Å². The first-order valence-electron chi connectivity index (χ1n) is 7.30. The highest BCUT2D eigenvalue weighted by atomic mass is 32.1. The third-order valence-electron chi connectivity index (χ3n) is 3.43. The van der Waals surface area contributed by atoms with Crippen molar-refractivity contribution >= 4 is 43.9 Å². The lowest BCUT2D eigenvalue weighted by atomic mass is 10.3. The van der Waals surface area contributed by atoms with Gasteiger partial charge in [-0.2, -0.15) is 0 Å². The molecule has 0 atom stereocenters. The lowest BCUT2D eigenvalue weighted by molar-refractivity contribution is -0.116. The lowest BCUT2D eigenvalue weighted by Crippen LogP contribution is -2.23. The van der Waals surface area contributed by atoms with Crippen LogP contribution in [0.2, 0.25) is 0 Å². The van der Waals surface area contributed by atoms with Crippen LogP contribution in [-0.4, -0.2) is 25.7 Å². The van der Waals surface area contributed by atoms with Crippen molar-refractivity contribution in [1.29, 1.82) is 0 Å². The molecular weight excluding hydrogens is 362 g/mol. The number of aromatic nitrogens is 4. The molecule has 4 heterocycles. The lowest BCUT2D eigenvalue weighted by Gasteiger charge is -2.04. The fraction of sp³-hybridized carbons (Fsp3) is 0.133. The number of furan rings is 1. The minimum Gasteiger partial charge on any atom is -0.462 e. The van der Waals surface area contributed by atoms with Gasteiger partial charge in [-0.25, -0.2) is 4.98 Å². The zero-order valence-corrected chi connectivity index (χ0v) is 14.3. The van der Waals surface area contributed by atoms with E-state index in [1.807, 2.05) is 5.38 Å². The first-order valence-corrected chi connectivity index (χ1v) is 9.00. The van der Waals surface area contributed by atoms with Gasteiger partial charge in [0.2, 0.25) is 11.0 Å². The normalized spacial score (nSPS) is 11.0. The average Bonchev–Trinajstić information content (AvgIpc) is 3.35. The van der Waals surface area contributed by atoms with E-state index in [1.54, 1.807) is 24.5 Å². The van der Waals surface area contributed by atoms with E-state index < -0.39 is 0 Å². The smallest absolute Gasteiger partial charge is 0.262 e. The second kappa shape index (κ2) is 6.57. The van der Waals surface area contributed by atoms with Gasteiger partial charge in [0.25, 0.3) is 5.56 Å². The molecular formula is C15H11N5O3S2. The van der Waals surface area contributed by atoms with Gasteiger partial charge in [0.05, 0.1) is 18.0 Å². The number of anilines is 1. The van der Waals surface area contributed by atoms with Gasteiger partial charge in [-0.3, -0.25) is 14.2 Å². The number of hydrogen-bond donors (Lipinski definition) is 1. The Morgan fingerprint density at radius 3 is 3.08 bits per heavy atom. The molecule has 0 aliphatic rings. The fourth-order valence-corrected chi connectivity index (χ4v) is 3.68. The summed E-state index contributed by atoms with van der Waals surface area (Å²) in [5.41, 5.74) is -0.143. The van der Waals surface area contributed by atoms with Crippen LogP contribution >= 0.6 is 22.7 Å². The summed E-state index contributed by atoms with van der Waals surface area (Å²) >= 11 is 2.63. The van der Waals surface area contributed by atoms with Crippen LogP contribution in [0.1, 0.15) is 6.42 Å². The van der Waals surface area contributed by atoms with E-state index in [4.69, 9.17) is 4.42 Å². The topological polar surface area (TPSA) is 103 Å². The number of aryl methyl sites for hydroxylation is 1. The van der Waals surface area contributed by atoms with Gasteiger partial charge in [0.1, 0.15) is 4.83 Å². The van der Waals surface area contributed by atoms with Gasteiger partial charge in [-0.05, 0) is 23.6 Å². The number of amides is 1. The quantitative estimate of drug-likeness (QED) is 0.577. The summed E-state index contributed by atoms with van der Waals surface area (Å²) < 4.78 is 6.67. The van der Waals surface area contributed by atoms with Gasteiger partial charge in [0.15, 0.2) is 10.8 Å². The van der Waals surface area contributed by atoms with Gasteiger partial charge < -0.3 is 9.73 Å². The largest absolute Gasteiger partial charge is 0.462 e. The van der Waals surface area contributed by atoms with Crippen LogP contribution < -0.4 is 10.9 Å². The summed E-state index contributed by atoms with van der Waals surface area (Å²) in [6, 6.07) is 5.26. The molecule has 0 bridgehead atoms. The van der Waals surface area contributed by atoms with Crippen molar-refractivity contribution in [1.82, 2.24) is 19.7 Å². The molecule has 25 heavy (non-hydrogen) atoms. The Labute approximate surface area is 148 Å². The van der Waals surface area contributed by atoms with E-state index in [9.17, 15) is 9.59 Å². The van der Waals surface area contributed by atoms with Crippen molar-refractivity contribution in [3.63, 3.8) is 0 Å². The SMILES string of the molecule is O=C(CCn1cnc2sccc2c1=O)Nc1nnc(-c2ccco2)s1. The van der Waals surface area contributed by atoms with Crippen LogP contribution in [0.5, 0.6) is 0 Å². The maximum atomic E-state index is 12.3. The van der Waals surface area contributed by atoms with E-state index in [0.29, 0.717) is 26.1 Å². The number of rotatable bonds is 5. The summed E-state index contributed by atoms with van der Waals surface area (Å²) in [4.78, 5) is 29.3. The highest BCUT2D eigenvalue weighted by Gasteiger charge is 2.12. The standard InChI is InChI=1S/C15H11N5O3S2/c21-11(17-15-19-18-13(25-15)10-2-1-6-23-10)3-5-20-8-16-12-9(14(20)22)4-7-24-12/h1-2,4,6-8H,3,5H2,(H,17,19,21). The molecule has 0 saturated carbocycles. The van der Waals surface area contributed by atoms with Crippen LogP contribution in [0.4, 0.5) is 5.13 Å². The Morgan fingerprint density at radius 1 is 1.32 bits per heavy atom. The highest BCUT2D eigenvalue weighted by molar-refractivity contribution is 7.18. The van der Waals surface area contributed by atoms with E-state index in [2.05, 4.69) is 20.5 Å². The minimum absolute atomic E-state index is 0.132. The van der Waals surface area contributed by atoms with Crippen LogP contribution in [0, 0.1) is 0 Å². The Balaban J connectivity index is 1.40. The molecule has 0 spiro atoms. The zero-order chi connectivity index (χ0) is 17.2. The van der Waals surface area contributed by atoms with Gasteiger partial charge in [-0.1, -0.05) is 11.3 Å². The number of carbonyl (C=O) groups excluding carboxylic acids is 1. The number of nitrogens with zero attached hydrogens (tertiary/aromatic N) is 4. The number of nitrogens with one attached hydrogen (secondary N) is 1. The molecule has 0 unspecified atom stereocenters. The van der Waals surface area contributed by atoms with Gasteiger partial charge >= 0.3 is 0 Å². The molecule has 0 radical (unpaired) electrons. The zero-order valence-electron chi connectivity index (χ0n) is 12.7. The molecule has 0 saturated heterocycles. The minimum atomic E-state index is -0.250. The molecule has 4 rings (SSSR count). The van der Waals surface area contributed by atoms with Gasteiger partial charge in [0, 0.05) is 13.0 Å². The number of carbonyl (C=O) groups is 1. The highest BCUT2D eigenvalue weighted by Crippen LogP contribution is 2.26. The maximum absolute atomic E-state index is 12.3. The van der Waals surface area contributed by atoms with E-state index in [1.165, 1.54) is 33.6 Å². The molecule has 1 amide bonds. The number of thiophene rings is 1. The molecule has 10 heteroatoms. The molecule has 4 aromatic heterocycles. The van der Waals surface area contributed by atoms with Gasteiger partial charge in [-0.15, -0.1) is 21.5 Å². The number of fused-ring (bicyclic) bond motifs is 1. The predicted molar refractivity (Wildman–Crippen MR) is 94.7 cm³/mol. The first kappa shape index (κ1) is 15.7. The third-order valence-corrected chi connectivity index (χ3v) is 5.11. The summed E-state index contributed by atoms with van der Waals surface area (Å²) in [6.45, 7) is 0.243. The average molecular weight is 373 g/mol.